The van der Waals surface area contributed by atoms with Crippen molar-refractivity contribution in [2.24, 2.45) is 0 Å². The van der Waals surface area contributed by atoms with Gasteiger partial charge in [-0.1, -0.05) is 119 Å². The average Bonchev–Trinajstić information content (AvgIpc) is 2.83. The van der Waals surface area contributed by atoms with Crippen LogP contribution in [0.4, 0.5) is 0 Å². The highest BCUT2D eigenvalue weighted by Gasteiger charge is 2.09. The summed E-state index contributed by atoms with van der Waals surface area (Å²) in [5.74, 6) is 0.468. The number of esters is 1. The molecule has 2 aromatic carbocycles. The van der Waals surface area contributed by atoms with Gasteiger partial charge in [0.25, 0.3) is 0 Å². The lowest BCUT2D eigenvalue weighted by Crippen LogP contribution is -2.11. The monoisotopic (exact) mass is 466 g/mol. The van der Waals surface area contributed by atoms with Crippen LogP contribution in [0.15, 0.2) is 42.5 Å². The lowest BCUT2D eigenvalue weighted by atomic mass is 10.0. The molecule has 2 aromatic rings. The number of hydrogen-bond donors (Lipinski definition) is 0. The average molecular weight is 467 g/mol. The summed E-state index contributed by atoms with van der Waals surface area (Å²) in [6, 6.07) is 13.6. The van der Waals surface area contributed by atoms with Crippen LogP contribution < -0.4 is 4.74 Å². The van der Waals surface area contributed by atoms with Gasteiger partial charge in [0.05, 0.1) is 5.56 Å². The SMILES string of the molecule is CCCCCCCCCCCCCCCc1cc(C)ccc1OCOC(=O)c1cccc(C)c1. The van der Waals surface area contributed by atoms with E-state index >= 15 is 0 Å². The van der Waals surface area contributed by atoms with Gasteiger partial charge in [0.15, 0.2) is 0 Å². The van der Waals surface area contributed by atoms with Crippen LogP contribution in [-0.2, 0) is 11.2 Å². The zero-order valence-corrected chi connectivity index (χ0v) is 21.9. The van der Waals surface area contributed by atoms with Gasteiger partial charge in [-0.2, -0.15) is 0 Å². The van der Waals surface area contributed by atoms with Crippen LogP contribution >= 0.6 is 0 Å². The first-order valence-corrected chi connectivity index (χ1v) is 13.6. The molecule has 0 fully saturated rings. The van der Waals surface area contributed by atoms with Crippen LogP contribution in [0.25, 0.3) is 0 Å². The molecule has 3 nitrogen and oxygen atoms in total. The molecule has 0 radical (unpaired) electrons. The van der Waals surface area contributed by atoms with E-state index < -0.39 is 0 Å². The molecule has 0 saturated carbocycles. The Balaban J connectivity index is 1.60. The van der Waals surface area contributed by atoms with Crippen molar-refractivity contribution in [3.8, 4) is 5.75 Å². The summed E-state index contributed by atoms with van der Waals surface area (Å²) in [6.07, 6.45) is 18.7. The lowest BCUT2D eigenvalue weighted by Gasteiger charge is -2.13. The minimum absolute atomic E-state index is 0.0680. The molecule has 0 unspecified atom stereocenters. The molecule has 0 aliphatic carbocycles. The second-order valence-corrected chi connectivity index (χ2v) is 9.67. The van der Waals surface area contributed by atoms with E-state index in [1.165, 1.54) is 94.6 Å². The first-order valence-electron chi connectivity index (χ1n) is 13.6. The van der Waals surface area contributed by atoms with Crippen molar-refractivity contribution >= 4 is 5.97 Å². The molecule has 0 amide bonds. The number of benzene rings is 2. The maximum Gasteiger partial charge on any atom is 0.341 e. The van der Waals surface area contributed by atoms with Gasteiger partial charge < -0.3 is 9.47 Å². The van der Waals surface area contributed by atoms with Gasteiger partial charge in [-0.3, -0.25) is 0 Å². The minimum atomic E-state index is -0.353. The molecule has 0 aliphatic heterocycles. The fourth-order valence-corrected chi connectivity index (χ4v) is 4.38. The van der Waals surface area contributed by atoms with Crippen molar-refractivity contribution in [3.05, 3.63) is 64.7 Å². The molecule has 0 heterocycles. The van der Waals surface area contributed by atoms with Gasteiger partial charge in [-0.05, 0) is 50.5 Å². The van der Waals surface area contributed by atoms with Gasteiger partial charge in [0.2, 0.25) is 6.79 Å². The number of rotatable bonds is 18. The number of carbonyl (C=O) groups excluding carboxylic acids is 1. The van der Waals surface area contributed by atoms with Crippen LogP contribution in [0.3, 0.4) is 0 Å². The summed E-state index contributed by atoms with van der Waals surface area (Å²) in [7, 11) is 0. The summed E-state index contributed by atoms with van der Waals surface area (Å²) < 4.78 is 11.2. The van der Waals surface area contributed by atoms with Crippen LogP contribution in [0.5, 0.6) is 5.75 Å². The van der Waals surface area contributed by atoms with Crippen LogP contribution in [-0.4, -0.2) is 12.8 Å². The van der Waals surface area contributed by atoms with Crippen molar-refractivity contribution in [1.29, 1.82) is 0 Å². The molecule has 0 atom stereocenters. The second kappa shape index (κ2) is 17.2. The maximum atomic E-state index is 12.2. The Labute approximate surface area is 208 Å². The molecular formula is C31H46O3. The first-order chi connectivity index (χ1) is 16.6. The molecular weight excluding hydrogens is 420 g/mol. The Morgan fingerprint density at radius 2 is 1.29 bits per heavy atom. The van der Waals surface area contributed by atoms with Crippen molar-refractivity contribution in [1.82, 2.24) is 0 Å². The van der Waals surface area contributed by atoms with E-state index in [1.54, 1.807) is 6.07 Å². The Bertz CT molecular complexity index is 827. The predicted octanol–water partition coefficient (Wildman–Crippen LogP) is 9.13. The lowest BCUT2D eigenvalue weighted by molar-refractivity contribution is 0.0151. The summed E-state index contributed by atoms with van der Waals surface area (Å²) in [5, 5.41) is 0. The zero-order chi connectivity index (χ0) is 24.4. The molecule has 3 heteroatoms. The topological polar surface area (TPSA) is 35.5 Å². The van der Waals surface area contributed by atoms with E-state index in [-0.39, 0.29) is 12.8 Å². The molecule has 0 bridgehead atoms. The largest absolute Gasteiger partial charge is 0.457 e. The zero-order valence-electron chi connectivity index (χ0n) is 21.9. The summed E-state index contributed by atoms with van der Waals surface area (Å²) >= 11 is 0. The molecule has 0 saturated heterocycles. The maximum absolute atomic E-state index is 12.2. The van der Waals surface area contributed by atoms with E-state index in [4.69, 9.17) is 9.47 Å². The first kappa shape index (κ1) is 28.0. The standard InChI is InChI=1S/C31H46O3/c1-4-5-6-7-8-9-10-11-12-13-14-15-16-19-28-23-27(3)21-22-30(28)33-25-34-31(32)29-20-17-18-26(2)24-29/h17-18,20-24H,4-16,19,25H2,1-3H3. The van der Waals surface area contributed by atoms with Crippen LogP contribution in [0, 0.1) is 13.8 Å². The van der Waals surface area contributed by atoms with E-state index in [1.807, 2.05) is 37.3 Å². The number of hydrogen-bond acceptors (Lipinski definition) is 3. The Morgan fingerprint density at radius 3 is 1.91 bits per heavy atom. The fraction of sp³-hybridized carbons (Fsp3) is 0.581. The number of unbranched alkanes of at least 4 members (excludes halogenated alkanes) is 12. The van der Waals surface area contributed by atoms with Gasteiger partial charge >= 0.3 is 5.97 Å². The van der Waals surface area contributed by atoms with Gasteiger partial charge in [-0.25, -0.2) is 4.79 Å². The van der Waals surface area contributed by atoms with Gasteiger partial charge in [0.1, 0.15) is 5.75 Å². The highest BCUT2D eigenvalue weighted by atomic mass is 16.7. The van der Waals surface area contributed by atoms with Crippen molar-refractivity contribution in [3.63, 3.8) is 0 Å². The smallest absolute Gasteiger partial charge is 0.341 e. The van der Waals surface area contributed by atoms with Crippen molar-refractivity contribution in [2.45, 2.75) is 111 Å². The molecule has 34 heavy (non-hydrogen) atoms. The third-order valence-corrected chi connectivity index (χ3v) is 6.42. The van der Waals surface area contributed by atoms with E-state index in [0.29, 0.717) is 5.56 Å². The van der Waals surface area contributed by atoms with Crippen molar-refractivity contribution < 1.29 is 14.3 Å². The highest BCUT2D eigenvalue weighted by molar-refractivity contribution is 5.89. The third kappa shape index (κ3) is 11.7. The summed E-state index contributed by atoms with van der Waals surface area (Å²) in [6.45, 7) is 6.28. The normalized spacial score (nSPS) is 10.9. The second-order valence-electron chi connectivity index (χ2n) is 9.67. The third-order valence-electron chi connectivity index (χ3n) is 6.42. The van der Waals surface area contributed by atoms with Gasteiger partial charge in [0, 0.05) is 0 Å². The number of aryl methyl sites for hydroxylation is 3. The quantitative estimate of drug-likeness (QED) is 0.125. The van der Waals surface area contributed by atoms with Crippen molar-refractivity contribution in [2.75, 3.05) is 6.79 Å². The predicted molar refractivity (Wildman–Crippen MR) is 143 cm³/mol. The number of carbonyl (C=O) groups is 1. The molecule has 188 valence electrons. The Kier molecular flexibility index (Phi) is 14.1. The van der Waals surface area contributed by atoms with Crippen LogP contribution in [0.2, 0.25) is 0 Å². The minimum Gasteiger partial charge on any atom is -0.457 e. The van der Waals surface area contributed by atoms with Gasteiger partial charge in [-0.15, -0.1) is 0 Å². The Hall–Kier alpha value is -2.29. The fourth-order valence-electron chi connectivity index (χ4n) is 4.38. The molecule has 0 N–H and O–H groups in total. The Morgan fingerprint density at radius 1 is 0.706 bits per heavy atom. The molecule has 0 aliphatic rings. The summed E-state index contributed by atoms with van der Waals surface area (Å²) in [5.41, 5.74) is 4.03. The van der Waals surface area contributed by atoms with Crippen LogP contribution in [0.1, 0.15) is 117 Å². The van der Waals surface area contributed by atoms with E-state index in [0.717, 1.165) is 17.7 Å². The van der Waals surface area contributed by atoms with E-state index in [2.05, 4.69) is 19.9 Å². The molecule has 0 spiro atoms. The summed E-state index contributed by atoms with van der Waals surface area (Å²) in [4.78, 5) is 12.2. The van der Waals surface area contributed by atoms with E-state index in [9.17, 15) is 4.79 Å². The molecule has 0 aromatic heterocycles. The number of ether oxygens (including phenoxy) is 2. The molecule has 2 rings (SSSR count). The highest BCUT2D eigenvalue weighted by Crippen LogP contribution is 2.23.